The van der Waals surface area contributed by atoms with E-state index < -0.39 is 24.1 Å². The minimum atomic E-state index is -2.25. The number of carbonyl (C=O) groups is 2. The summed E-state index contributed by atoms with van der Waals surface area (Å²) in [6.45, 7) is 3.20. The Hall–Kier alpha value is -3.86. The maximum Gasteiger partial charge on any atom is 0.348 e. The second kappa shape index (κ2) is 13.4. The van der Waals surface area contributed by atoms with Crippen LogP contribution in [0.25, 0.3) is 6.08 Å². The lowest BCUT2D eigenvalue weighted by atomic mass is 9.88. The Balaban J connectivity index is 1.77. The number of carboxylic acids is 2. The summed E-state index contributed by atoms with van der Waals surface area (Å²) in [5.41, 5.74) is 0.693. The number of methoxy groups -OCH3 is 1. The molecule has 0 saturated heterocycles. The molecule has 1 aromatic carbocycles. The summed E-state index contributed by atoms with van der Waals surface area (Å²) in [6.07, 6.45) is 7.66. The predicted molar refractivity (Wildman–Crippen MR) is 135 cm³/mol. The van der Waals surface area contributed by atoms with Gasteiger partial charge in [-0.2, -0.15) is 0 Å². The molecule has 2 unspecified atom stereocenters. The molecule has 0 amide bonds. The molecule has 2 aromatic rings. The van der Waals surface area contributed by atoms with Gasteiger partial charge in [-0.25, -0.2) is 19.6 Å². The van der Waals surface area contributed by atoms with Crippen LogP contribution >= 0.6 is 0 Å². The fourth-order valence-electron chi connectivity index (χ4n) is 3.93. The monoisotopic (exact) mass is 515 g/mol. The third kappa shape index (κ3) is 8.35. The first-order valence-corrected chi connectivity index (χ1v) is 12.1. The minimum Gasteiger partial charge on any atom is -0.493 e. The van der Waals surface area contributed by atoms with Gasteiger partial charge in [0.15, 0.2) is 17.6 Å². The zero-order chi connectivity index (χ0) is 26.8. The zero-order valence-electron chi connectivity index (χ0n) is 20.9. The smallest absolute Gasteiger partial charge is 0.348 e. The van der Waals surface area contributed by atoms with Gasteiger partial charge in [0.05, 0.1) is 26.0 Å². The number of hydrogen-bond donors (Lipinski definition) is 3. The SMILES string of the molecule is COc1cc(/C=C/C(=NC2CCC(C)CC2)OC(C(=O)O)C(O)C(=O)O)ccc1OCCn1ccnc1. The Morgan fingerprint density at radius 1 is 1.19 bits per heavy atom. The van der Waals surface area contributed by atoms with Gasteiger partial charge in [0.2, 0.25) is 12.0 Å². The van der Waals surface area contributed by atoms with Crippen LogP contribution in [0.4, 0.5) is 0 Å². The Morgan fingerprint density at radius 3 is 2.57 bits per heavy atom. The largest absolute Gasteiger partial charge is 0.493 e. The van der Waals surface area contributed by atoms with Crippen LogP contribution in [0.2, 0.25) is 0 Å². The molecule has 1 heterocycles. The fourth-order valence-corrected chi connectivity index (χ4v) is 3.93. The van der Waals surface area contributed by atoms with E-state index in [4.69, 9.17) is 19.3 Å². The lowest BCUT2D eigenvalue weighted by molar-refractivity contribution is -0.164. The number of imidazole rings is 1. The summed E-state index contributed by atoms with van der Waals surface area (Å²) >= 11 is 0. The molecule has 200 valence electrons. The summed E-state index contributed by atoms with van der Waals surface area (Å²) in [4.78, 5) is 31.3. The Morgan fingerprint density at radius 2 is 1.95 bits per heavy atom. The van der Waals surface area contributed by atoms with Crippen molar-refractivity contribution >= 4 is 23.9 Å². The summed E-state index contributed by atoms with van der Waals surface area (Å²) in [5, 5.41) is 28.4. The number of benzene rings is 1. The number of aliphatic hydroxyl groups excluding tert-OH is 1. The van der Waals surface area contributed by atoms with Crippen LogP contribution in [0, 0.1) is 5.92 Å². The lowest BCUT2D eigenvalue weighted by Crippen LogP contribution is -2.43. The maximum atomic E-state index is 11.6. The molecule has 3 rings (SSSR count). The van der Waals surface area contributed by atoms with Crippen LogP contribution in [0.5, 0.6) is 11.5 Å². The molecule has 37 heavy (non-hydrogen) atoms. The topological polar surface area (TPSA) is 153 Å². The van der Waals surface area contributed by atoms with Crippen molar-refractivity contribution < 1.29 is 39.1 Å². The highest BCUT2D eigenvalue weighted by atomic mass is 16.5. The quantitative estimate of drug-likeness (QED) is 0.286. The van der Waals surface area contributed by atoms with Crippen molar-refractivity contribution in [2.24, 2.45) is 10.9 Å². The van der Waals surface area contributed by atoms with E-state index in [1.165, 1.54) is 13.2 Å². The van der Waals surface area contributed by atoms with E-state index in [1.807, 2.05) is 10.8 Å². The third-order valence-corrected chi connectivity index (χ3v) is 6.10. The van der Waals surface area contributed by atoms with Crippen molar-refractivity contribution in [1.82, 2.24) is 9.55 Å². The highest BCUT2D eigenvalue weighted by Crippen LogP contribution is 2.29. The number of hydrogen-bond acceptors (Lipinski definition) is 8. The van der Waals surface area contributed by atoms with Crippen molar-refractivity contribution in [2.45, 2.75) is 57.4 Å². The molecule has 1 fully saturated rings. The summed E-state index contributed by atoms with van der Waals surface area (Å²) in [5.74, 6) is -1.73. The highest BCUT2D eigenvalue weighted by molar-refractivity contribution is 5.95. The Bertz CT molecular complexity index is 1090. The van der Waals surface area contributed by atoms with Crippen molar-refractivity contribution in [2.75, 3.05) is 13.7 Å². The molecule has 11 heteroatoms. The molecule has 1 saturated carbocycles. The maximum absolute atomic E-state index is 11.6. The van der Waals surface area contributed by atoms with Crippen LogP contribution < -0.4 is 9.47 Å². The predicted octanol–water partition coefficient (Wildman–Crippen LogP) is 2.88. The first-order valence-electron chi connectivity index (χ1n) is 12.1. The van der Waals surface area contributed by atoms with E-state index >= 15 is 0 Å². The molecule has 1 aromatic heterocycles. The molecule has 1 aliphatic rings. The molecule has 3 N–H and O–H groups in total. The van der Waals surface area contributed by atoms with E-state index in [-0.39, 0.29) is 11.9 Å². The van der Waals surface area contributed by atoms with Crippen molar-refractivity contribution in [1.29, 1.82) is 0 Å². The molecule has 2 atom stereocenters. The first-order chi connectivity index (χ1) is 17.8. The number of aromatic nitrogens is 2. The van der Waals surface area contributed by atoms with Gasteiger partial charge in [0.1, 0.15) is 6.61 Å². The van der Waals surface area contributed by atoms with Gasteiger partial charge in [0, 0.05) is 18.5 Å². The second-order valence-corrected chi connectivity index (χ2v) is 8.93. The van der Waals surface area contributed by atoms with Crippen molar-refractivity contribution in [3.05, 3.63) is 48.6 Å². The molecular formula is C26H33N3O8. The van der Waals surface area contributed by atoms with Crippen molar-refractivity contribution in [3.8, 4) is 11.5 Å². The standard InChI is InChI=1S/C26H33N3O8/c1-17-3-7-19(8-4-17)28-22(37-24(26(33)34)23(30)25(31)32)10-6-18-5-9-20(21(15-18)35-2)36-14-13-29-12-11-27-16-29/h5-6,9-12,15-17,19,23-24,30H,3-4,7-8,13-14H2,1-2H3,(H,31,32)(H,33,34)/b10-6+,28-22?. The number of aliphatic imine (C=N–C) groups is 1. The molecule has 0 bridgehead atoms. The first kappa shape index (κ1) is 27.7. The number of nitrogens with zero attached hydrogens (tertiary/aromatic N) is 3. The Kier molecular flexibility index (Phi) is 10.1. The molecule has 0 radical (unpaired) electrons. The average Bonchev–Trinajstić information content (AvgIpc) is 3.40. The lowest BCUT2D eigenvalue weighted by Gasteiger charge is -2.24. The number of ether oxygens (including phenoxy) is 3. The van der Waals surface area contributed by atoms with E-state index in [0.717, 1.165) is 25.7 Å². The number of rotatable bonds is 12. The molecular weight excluding hydrogens is 482 g/mol. The number of aliphatic carboxylic acids is 2. The number of carboxylic acid groups (broad SMARTS) is 2. The van der Waals surface area contributed by atoms with Gasteiger partial charge < -0.3 is 34.1 Å². The van der Waals surface area contributed by atoms with Crippen LogP contribution in [-0.4, -0.2) is 74.7 Å². The highest BCUT2D eigenvalue weighted by Gasteiger charge is 2.35. The van der Waals surface area contributed by atoms with Gasteiger partial charge in [0.25, 0.3) is 0 Å². The van der Waals surface area contributed by atoms with Gasteiger partial charge >= 0.3 is 11.9 Å². The van der Waals surface area contributed by atoms with Gasteiger partial charge in [-0.1, -0.05) is 13.0 Å². The molecule has 1 aliphatic carbocycles. The molecule has 0 spiro atoms. The van der Waals surface area contributed by atoms with E-state index in [1.54, 1.807) is 36.8 Å². The fraction of sp³-hybridized carbons (Fsp3) is 0.462. The minimum absolute atomic E-state index is 0.0631. The third-order valence-electron chi connectivity index (χ3n) is 6.10. The Labute approximate surface area is 215 Å². The van der Waals surface area contributed by atoms with Gasteiger partial charge in [-0.15, -0.1) is 0 Å². The summed E-state index contributed by atoms with van der Waals surface area (Å²) in [6, 6.07) is 5.18. The second-order valence-electron chi connectivity index (χ2n) is 8.93. The molecule has 0 aliphatic heterocycles. The van der Waals surface area contributed by atoms with Crippen LogP contribution in [0.1, 0.15) is 38.2 Å². The summed E-state index contributed by atoms with van der Waals surface area (Å²) < 4.78 is 18.6. The van der Waals surface area contributed by atoms with Gasteiger partial charge in [-0.3, -0.25) is 0 Å². The van der Waals surface area contributed by atoms with E-state index in [9.17, 15) is 19.8 Å². The van der Waals surface area contributed by atoms with E-state index in [0.29, 0.717) is 36.1 Å². The van der Waals surface area contributed by atoms with Crippen LogP contribution in [0.15, 0.2) is 48.0 Å². The van der Waals surface area contributed by atoms with Crippen LogP contribution in [0.3, 0.4) is 0 Å². The zero-order valence-corrected chi connectivity index (χ0v) is 20.9. The summed E-state index contributed by atoms with van der Waals surface area (Å²) in [7, 11) is 1.52. The van der Waals surface area contributed by atoms with E-state index in [2.05, 4.69) is 16.9 Å². The molecule has 11 nitrogen and oxygen atoms in total. The van der Waals surface area contributed by atoms with Crippen molar-refractivity contribution in [3.63, 3.8) is 0 Å². The van der Waals surface area contributed by atoms with Crippen LogP contribution in [-0.2, 0) is 20.9 Å². The van der Waals surface area contributed by atoms with Gasteiger partial charge in [-0.05, 0) is 55.4 Å². The number of aliphatic hydroxyl groups is 1. The normalized spacial score (nSPS) is 19.8. The average molecular weight is 516 g/mol.